The first-order valence-electron chi connectivity index (χ1n) is 9.47. The van der Waals surface area contributed by atoms with E-state index < -0.39 is 0 Å². The number of hydrogen-bond acceptors (Lipinski definition) is 4. The van der Waals surface area contributed by atoms with Crippen molar-refractivity contribution in [1.82, 2.24) is 20.0 Å². The molecule has 6 nitrogen and oxygen atoms in total. The highest BCUT2D eigenvalue weighted by atomic mass is 16.5. The molecular formula is C20H26N4O2. The molecule has 26 heavy (non-hydrogen) atoms. The Labute approximate surface area is 154 Å². The van der Waals surface area contributed by atoms with E-state index >= 15 is 0 Å². The lowest BCUT2D eigenvalue weighted by Gasteiger charge is -2.32. The van der Waals surface area contributed by atoms with Crippen LogP contribution in [0.15, 0.2) is 30.5 Å². The van der Waals surface area contributed by atoms with E-state index in [1.165, 1.54) is 11.1 Å². The third kappa shape index (κ3) is 3.60. The summed E-state index contributed by atoms with van der Waals surface area (Å²) < 4.78 is 7.55. The summed E-state index contributed by atoms with van der Waals surface area (Å²) in [6, 6.07) is 8.74. The summed E-state index contributed by atoms with van der Waals surface area (Å²) in [5.41, 5.74) is 3.22. The van der Waals surface area contributed by atoms with Gasteiger partial charge in [0.15, 0.2) is 0 Å². The minimum atomic E-state index is -0.128. The number of aromatic nitrogens is 2. The zero-order chi connectivity index (χ0) is 17.9. The van der Waals surface area contributed by atoms with E-state index in [0.717, 1.165) is 57.7 Å². The molecule has 0 saturated carbocycles. The number of rotatable bonds is 5. The molecule has 1 aromatic carbocycles. The maximum absolute atomic E-state index is 11.7. The fraction of sp³-hybridized carbons (Fsp3) is 0.500. The van der Waals surface area contributed by atoms with Gasteiger partial charge in [0.1, 0.15) is 11.4 Å². The molecule has 1 N–H and O–H groups in total. The first-order chi connectivity index (χ1) is 12.7. The molecule has 0 radical (unpaired) electrons. The third-order valence-corrected chi connectivity index (χ3v) is 5.39. The van der Waals surface area contributed by atoms with Crippen LogP contribution in [0.4, 0.5) is 0 Å². The zero-order valence-corrected chi connectivity index (χ0v) is 15.3. The predicted octanol–water partition coefficient (Wildman–Crippen LogP) is 2.06. The van der Waals surface area contributed by atoms with Gasteiger partial charge in [0.25, 0.3) is 5.91 Å². The monoisotopic (exact) mass is 354 g/mol. The minimum Gasteiger partial charge on any atom is -0.493 e. The Morgan fingerprint density at radius 2 is 2.31 bits per heavy atom. The molecule has 2 aliphatic heterocycles. The van der Waals surface area contributed by atoms with Crippen molar-refractivity contribution in [3.63, 3.8) is 0 Å². The van der Waals surface area contributed by atoms with Crippen LogP contribution in [0.1, 0.15) is 40.5 Å². The Morgan fingerprint density at radius 3 is 3.19 bits per heavy atom. The molecule has 1 saturated heterocycles. The van der Waals surface area contributed by atoms with E-state index in [9.17, 15) is 4.79 Å². The van der Waals surface area contributed by atoms with E-state index in [1.807, 2.05) is 10.9 Å². The average Bonchev–Trinajstić information content (AvgIpc) is 3.35. The van der Waals surface area contributed by atoms with E-state index in [1.54, 1.807) is 13.1 Å². The number of likely N-dealkylation sites (tertiary alicyclic amines) is 1. The van der Waals surface area contributed by atoms with Crippen LogP contribution in [0.3, 0.4) is 0 Å². The van der Waals surface area contributed by atoms with Crippen LogP contribution in [0.2, 0.25) is 0 Å². The van der Waals surface area contributed by atoms with Crippen LogP contribution < -0.4 is 10.1 Å². The van der Waals surface area contributed by atoms with Crippen molar-refractivity contribution in [2.75, 3.05) is 33.3 Å². The molecule has 0 aliphatic carbocycles. The van der Waals surface area contributed by atoms with Crippen LogP contribution in [-0.2, 0) is 12.8 Å². The summed E-state index contributed by atoms with van der Waals surface area (Å²) >= 11 is 0. The Morgan fingerprint density at radius 1 is 1.38 bits per heavy atom. The maximum atomic E-state index is 11.7. The van der Waals surface area contributed by atoms with Gasteiger partial charge >= 0.3 is 0 Å². The number of hydrogen-bond donors (Lipinski definition) is 1. The molecule has 3 heterocycles. The summed E-state index contributed by atoms with van der Waals surface area (Å²) in [7, 11) is 1.63. The molecule has 1 amide bonds. The first-order valence-corrected chi connectivity index (χ1v) is 9.47. The Bertz CT molecular complexity index is 786. The van der Waals surface area contributed by atoms with Gasteiger partial charge in [0, 0.05) is 32.8 Å². The smallest absolute Gasteiger partial charge is 0.271 e. The van der Waals surface area contributed by atoms with E-state index in [0.29, 0.717) is 11.7 Å². The van der Waals surface area contributed by atoms with Gasteiger partial charge in [-0.2, -0.15) is 5.10 Å². The number of carbonyl (C=O) groups is 1. The predicted molar refractivity (Wildman–Crippen MR) is 99.7 cm³/mol. The second-order valence-corrected chi connectivity index (χ2v) is 7.15. The van der Waals surface area contributed by atoms with Crippen molar-refractivity contribution in [3.8, 4) is 5.75 Å². The maximum Gasteiger partial charge on any atom is 0.271 e. The van der Waals surface area contributed by atoms with Gasteiger partial charge in [-0.3, -0.25) is 9.48 Å². The largest absolute Gasteiger partial charge is 0.493 e. The normalized spacial score (nSPS) is 19.8. The molecule has 4 rings (SSSR count). The van der Waals surface area contributed by atoms with E-state index in [-0.39, 0.29) is 5.91 Å². The van der Waals surface area contributed by atoms with E-state index in [4.69, 9.17) is 4.74 Å². The molecule has 6 heteroatoms. The number of carbonyl (C=O) groups excluding carboxylic acids is 1. The molecule has 1 aromatic heterocycles. The Kier molecular flexibility index (Phi) is 4.93. The van der Waals surface area contributed by atoms with Gasteiger partial charge in [0.05, 0.1) is 12.6 Å². The molecular weight excluding hydrogens is 328 g/mol. The first kappa shape index (κ1) is 17.1. The van der Waals surface area contributed by atoms with Crippen LogP contribution in [0.5, 0.6) is 5.75 Å². The van der Waals surface area contributed by atoms with Gasteiger partial charge in [-0.1, -0.05) is 12.1 Å². The van der Waals surface area contributed by atoms with Crippen molar-refractivity contribution in [1.29, 1.82) is 0 Å². The summed E-state index contributed by atoms with van der Waals surface area (Å²) in [5.74, 6) is 0.925. The van der Waals surface area contributed by atoms with Crippen LogP contribution >= 0.6 is 0 Å². The summed E-state index contributed by atoms with van der Waals surface area (Å²) in [6.45, 7) is 3.99. The highest BCUT2D eigenvalue weighted by Gasteiger charge is 2.22. The van der Waals surface area contributed by atoms with Crippen molar-refractivity contribution in [3.05, 3.63) is 47.3 Å². The van der Waals surface area contributed by atoms with Crippen molar-refractivity contribution in [2.24, 2.45) is 0 Å². The number of nitrogens with one attached hydrogen (secondary N) is 1. The topological polar surface area (TPSA) is 59.4 Å². The standard InChI is InChI=1S/C20H26N4O2/c1-21-20(25)18-7-11-24(22-18)17-3-2-9-23(14-17)10-6-15-4-5-19-16(13-15)8-12-26-19/h4-5,7,11,13,17H,2-3,6,8-10,12,14H2,1H3,(H,21,25). The van der Waals surface area contributed by atoms with Gasteiger partial charge in [-0.15, -0.1) is 0 Å². The van der Waals surface area contributed by atoms with Crippen LogP contribution in [0.25, 0.3) is 0 Å². The quantitative estimate of drug-likeness (QED) is 0.893. The average molecular weight is 354 g/mol. The number of benzene rings is 1. The number of piperidine rings is 1. The SMILES string of the molecule is CNC(=O)c1ccn(C2CCCN(CCc3ccc4c(c3)CCO4)C2)n1. The van der Waals surface area contributed by atoms with Crippen LogP contribution in [-0.4, -0.2) is 53.9 Å². The second kappa shape index (κ2) is 7.50. The lowest BCUT2D eigenvalue weighted by molar-refractivity contribution is 0.0956. The molecule has 1 atom stereocenters. The van der Waals surface area contributed by atoms with Gasteiger partial charge in [0.2, 0.25) is 0 Å². The van der Waals surface area contributed by atoms with Crippen LogP contribution in [0, 0.1) is 0 Å². The minimum absolute atomic E-state index is 0.128. The summed E-state index contributed by atoms with van der Waals surface area (Å²) in [5, 5.41) is 7.09. The third-order valence-electron chi connectivity index (χ3n) is 5.39. The number of amides is 1. The molecule has 0 spiro atoms. The highest BCUT2D eigenvalue weighted by Crippen LogP contribution is 2.26. The number of nitrogens with zero attached hydrogens (tertiary/aromatic N) is 3. The molecule has 138 valence electrons. The molecule has 2 aromatic rings. The number of ether oxygens (including phenoxy) is 1. The van der Waals surface area contributed by atoms with Crippen molar-refractivity contribution >= 4 is 5.91 Å². The highest BCUT2D eigenvalue weighted by molar-refractivity contribution is 5.91. The fourth-order valence-corrected chi connectivity index (χ4v) is 3.92. The molecule has 0 bridgehead atoms. The van der Waals surface area contributed by atoms with Gasteiger partial charge < -0.3 is 15.0 Å². The summed E-state index contributed by atoms with van der Waals surface area (Å²) in [4.78, 5) is 14.2. The molecule has 2 aliphatic rings. The molecule has 1 fully saturated rings. The van der Waals surface area contributed by atoms with E-state index in [2.05, 4.69) is 33.5 Å². The lowest BCUT2D eigenvalue weighted by atomic mass is 10.0. The number of fused-ring (bicyclic) bond motifs is 1. The summed E-state index contributed by atoms with van der Waals surface area (Å²) in [6.07, 6.45) is 6.29. The van der Waals surface area contributed by atoms with Crippen molar-refractivity contribution < 1.29 is 9.53 Å². The Hall–Kier alpha value is -2.34. The zero-order valence-electron chi connectivity index (χ0n) is 15.3. The van der Waals surface area contributed by atoms with Gasteiger partial charge in [-0.25, -0.2) is 0 Å². The Balaban J connectivity index is 1.35. The van der Waals surface area contributed by atoms with Gasteiger partial charge in [-0.05, 0) is 49.1 Å². The lowest BCUT2D eigenvalue weighted by Crippen LogP contribution is -2.38. The molecule has 1 unspecified atom stereocenters. The second-order valence-electron chi connectivity index (χ2n) is 7.15. The van der Waals surface area contributed by atoms with Crippen molar-refractivity contribution in [2.45, 2.75) is 31.7 Å². The fourth-order valence-electron chi connectivity index (χ4n) is 3.92.